The summed E-state index contributed by atoms with van der Waals surface area (Å²) in [4.78, 5) is 10.6. The molecule has 3 heteroatoms. The third kappa shape index (κ3) is 0.743. The van der Waals surface area contributed by atoms with Crippen molar-refractivity contribution >= 4 is 5.78 Å². The Morgan fingerprint density at radius 3 is 2.25 bits per heavy atom. The molecular formula is C5H10N2O. The van der Waals surface area contributed by atoms with Gasteiger partial charge in [0.1, 0.15) is 5.66 Å². The maximum atomic E-state index is 10.6. The molecule has 0 saturated heterocycles. The van der Waals surface area contributed by atoms with Crippen LogP contribution >= 0.6 is 0 Å². The minimum Gasteiger partial charge on any atom is -0.307 e. The van der Waals surface area contributed by atoms with Gasteiger partial charge in [-0.3, -0.25) is 4.79 Å². The minimum absolute atomic E-state index is 0.00231. The molecule has 0 aromatic heterocycles. The Hall–Kier alpha value is -0.410. The lowest BCUT2D eigenvalue weighted by atomic mass is 10.1. The Morgan fingerprint density at radius 2 is 2.12 bits per heavy atom. The molecule has 4 N–H and O–H groups in total. The van der Waals surface area contributed by atoms with Crippen molar-refractivity contribution in [1.29, 1.82) is 0 Å². The van der Waals surface area contributed by atoms with Gasteiger partial charge < -0.3 is 11.5 Å². The van der Waals surface area contributed by atoms with Crippen molar-refractivity contribution < 1.29 is 4.79 Å². The summed E-state index contributed by atoms with van der Waals surface area (Å²) in [7, 11) is 0. The summed E-state index contributed by atoms with van der Waals surface area (Å²) in [5.74, 6) is -0.00231. The molecule has 1 aliphatic carbocycles. The van der Waals surface area contributed by atoms with Gasteiger partial charge in [0.25, 0.3) is 0 Å². The highest BCUT2D eigenvalue weighted by Crippen LogP contribution is 2.17. The Labute approximate surface area is 48.0 Å². The molecule has 46 valence electrons. The van der Waals surface area contributed by atoms with Crippen LogP contribution in [0, 0.1) is 0 Å². The molecule has 8 heavy (non-hydrogen) atoms. The molecule has 3 nitrogen and oxygen atoms in total. The molecule has 0 aromatic rings. The van der Waals surface area contributed by atoms with E-state index in [0.717, 1.165) is 6.42 Å². The van der Waals surface area contributed by atoms with Crippen LogP contribution in [0.3, 0.4) is 0 Å². The highest BCUT2D eigenvalue weighted by molar-refractivity contribution is 5.89. The van der Waals surface area contributed by atoms with Crippen LogP contribution in [0.5, 0.6) is 0 Å². The molecule has 0 unspecified atom stereocenters. The van der Waals surface area contributed by atoms with Crippen molar-refractivity contribution in [2.75, 3.05) is 0 Å². The minimum atomic E-state index is -0.986. The summed E-state index contributed by atoms with van der Waals surface area (Å²) in [6.45, 7) is 0. The summed E-state index contributed by atoms with van der Waals surface area (Å²) in [5.41, 5.74) is 9.71. The van der Waals surface area contributed by atoms with Crippen molar-refractivity contribution in [3.8, 4) is 0 Å². The maximum Gasteiger partial charge on any atom is 0.166 e. The van der Waals surface area contributed by atoms with E-state index in [2.05, 4.69) is 0 Å². The van der Waals surface area contributed by atoms with Crippen molar-refractivity contribution in [2.24, 2.45) is 11.5 Å². The number of nitrogens with two attached hydrogens (primary N) is 2. The van der Waals surface area contributed by atoms with Gasteiger partial charge in [0.2, 0.25) is 0 Å². The van der Waals surface area contributed by atoms with Gasteiger partial charge in [-0.1, -0.05) is 0 Å². The smallest absolute Gasteiger partial charge is 0.166 e. The number of ketones is 1. The number of Topliss-reactive ketones (excluding diaryl/α,β-unsaturated/α-hetero) is 1. The first-order valence-corrected chi connectivity index (χ1v) is 2.74. The number of carbonyl (C=O) groups is 1. The molecule has 0 heterocycles. The summed E-state index contributed by atoms with van der Waals surface area (Å²) in [5, 5.41) is 0. The fourth-order valence-electron chi connectivity index (χ4n) is 0.914. The van der Waals surface area contributed by atoms with E-state index in [9.17, 15) is 4.79 Å². The summed E-state index contributed by atoms with van der Waals surface area (Å²) in [6, 6.07) is 0. The van der Waals surface area contributed by atoms with Crippen molar-refractivity contribution in [1.82, 2.24) is 0 Å². The lowest BCUT2D eigenvalue weighted by Gasteiger charge is -2.12. The third-order valence-electron chi connectivity index (χ3n) is 1.51. The molecule has 0 bridgehead atoms. The van der Waals surface area contributed by atoms with Gasteiger partial charge in [0, 0.05) is 6.42 Å². The zero-order chi connectivity index (χ0) is 6.20. The average Bonchev–Trinajstić information content (AvgIpc) is 1.86. The van der Waals surface area contributed by atoms with Gasteiger partial charge in [-0.05, 0) is 12.8 Å². The van der Waals surface area contributed by atoms with Crippen molar-refractivity contribution in [3.05, 3.63) is 0 Å². The van der Waals surface area contributed by atoms with Crippen LogP contribution in [0.15, 0.2) is 0 Å². The normalized spacial score (nSPS) is 26.5. The highest BCUT2D eigenvalue weighted by atomic mass is 16.1. The van der Waals surface area contributed by atoms with E-state index in [1.807, 2.05) is 0 Å². The molecule has 0 amide bonds. The SMILES string of the molecule is NC1(N)CCCC1=O. The van der Waals surface area contributed by atoms with Crippen LogP contribution in [-0.4, -0.2) is 11.4 Å². The standard InChI is InChI=1S/C5H10N2O/c6-5(7)3-1-2-4(5)8/h1-3,6-7H2. The number of carbonyl (C=O) groups excluding carboxylic acids is 1. The Kier molecular flexibility index (Phi) is 1.10. The van der Waals surface area contributed by atoms with Crippen LogP contribution < -0.4 is 11.5 Å². The van der Waals surface area contributed by atoms with E-state index in [0.29, 0.717) is 12.8 Å². The molecule has 0 atom stereocenters. The van der Waals surface area contributed by atoms with Gasteiger partial charge in [0.05, 0.1) is 0 Å². The van der Waals surface area contributed by atoms with Crippen molar-refractivity contribution in [3.63, 3.8) is 0 Å². The summed E-state index contributed by atoms with van der Waals surface area (Å²) < 4.78 is 0. The Balaban J connectivity index is 2.68. The van der Waals surface area contributed by atoms with E-state index >= 15 is 0 Å². The molecular weight excluding hydrogens is 104 g/mol. The molecule has 1 rings (SSSR count). The first-order valence-electron chi connectivity index (χ1n) is 2.74. The second kappa shape index (κ2) is 1.53. The van der Waals surface area contributed by atoms with Gasteiger partial charge in [-0.2, -0.15) is 0 Å². The zero-order valence-corrected chi connectivity index (χ0v) is 4.68. The fraction of sp³-hybridized carbons (Fsp3) is 0.800. The molecule has 0 aliphatic heterocycles. The van der Waals surface area contributed by atoms with E-state index < -0.39 is 5.66 Å². The second-order valence-corrected chi connectivity index (χ2v) is 2.32. The van der Waals surface area contributed by atoms with Gasteiger partial charge in [-0.25, -0.2) is 0 Å². The molecule has 1 aliphatic rings. The third-order valence-corrected chi connectivity index (χ3v) is 1.51. The first-order chi connectivity index (χ1) is 3.63. The molecule has 1 saturated carbocycles. The highest BCUT2D eigenvalue weighted by Gasteiger charge is 2.33. The van der Waals surface area contributed by atoms with E-state index in [1.165, 1.54) is 0 Å². The van der Waals surface area contributed by atoms with Crippen LogP contribution in [0.2, 0.25) is 0 Å². The van der Waals surface area contributed by atoms with Crippen LogP contribution in [0.4, 0.5) is 0 Å². The van der Waals surface area contributed by atoms with Crippen LogP contribution in [0.25, 0.3) is 0 Å². The zero-order valence-electron chi connectivity index (χ0n) is 4.68. The number of rotatable bonds is 0. The van der Waals surface area contributed by atoms with Gasteiger partial charge in [-0.15, -0.1) is 0 Å². The number of hydrogen-bond acceptors (Lipinski definition) is 3. The van der Waals surface area contributed by atoms with E-state index in [4.69, 9.17) is 11.5 Å². The largest absolute Gasteiger partial charge is 0.307 e. The van der Waals surface area contributed by atoms with Crippen molar-refractivity contribution in [2.45, 2.75) is 24.9 Å². The average molecular weight is 114 g/mol. The Morgan fingerprint density at radius 1 is 1.50 bits per heavy atom. The lowest BCUT2D eigenvalue weighted by Crippen LogP contribution is -2.52. The first kappa shape index (κ1) is 5.72. The Bertz CT molecular complexity index is 120. The number of hydrogen-bond donors (Lipinski definition) is 2. The lowest BCUT2D eigenvalue weighted by molar-refractivity contribution is -0.121. The maximum absolute atomic E-state index is 10.6. The fourth-order valence-corrected chi connectivity index (χ4v) is 0.914. The van der Waals surface area contributed by atoms with E-state index in [1.54, 1.807) is 0 Å². The topological polar surface area (TPSA) is 69.1 Å². The molecule has 0 aromatic carbocycles. The second-order valence-electron chi connectivity index (χ2n) is 2.32. The van der Waals surface area contributed by atoms with E-state index in [-0.39, 0.29) is 5.78 Å². The van der Waals surface area contributed by atoms with Gasteiger partial charge >= 0.3 is 0 Å². The quantitative estimate of drug-likeness (QED) is 0.411. The molecule has 1 fully saturated rings. The van der Waals surface area contributed by atoms with Crippen LogP contribution in [-0.2, 0) is 4.79 Å². The van der Waals surface area contributed by atoms with Gasteiger partial charge in [0.15, 0.2) is 5.78 Å². The summed E-state index contributed by atoms with van der Waals surface area (Å²) >= 11 is 0. The monoisotopic (exact) mass is 114 g/mol. The molecule has 0 spiro atoms. The molecule has 0 radical (unpaired) electrons. The predicted octanol–water partition coefficient (Wildman–Crippen LogP) is -0.647. The van der Waals surface area contributed by atoms with Crippen LogP contribution in [0.1, 0.15) is 19.3 Å². The predicted molar refractivity (Wildman–Crippen MR) is 30.0 cm³/mol. The summed E-state index contributed by atoms with van der Waals surface area (Å²) in [6.07, 6.45) is 2.06.